The van der Waals surface area contributed by atoms with Gasteiger partial charge in [0, 0.05) is 42.5 Å². The van der Waals surface area contributed by atoms with Gasteiger partial charge in [-0.15, -0.1) is 0 Å². The molecule has 1 fully saturated rings. The van der Waals surface area contributed by atoms with Crippen molar-refractivity contribution in [1.82, 2.24) is 24.2 Å². The number of nitrogens with zero attached hydrogens (tertiary/aromatic N) is 5. The van der Waals surface area contributed by atoms with Crippen LogP contribution in [-0.2, 0) is 19.1 Å². The molecule has 1 aliphatic rings. The lowest BCUT2D eigenvalue weighted by atomic mass is 9.85. The predicted molar refractivity (Wildman–Crippen MR) is 189 cm³/mol. The van der Waals surface area contributed by atoms with Gasteiger partial charge in [0.2, 0.25) is 0 Å². The highest BCUT2D eigenvalue weighted by Crippen LogP contribution is 2.30. The molecule has 1 aliphatic heterocycles. The first-order chi connectivity index (χ1) is 23.3. The molecule has 0 atom stereocenters. The lowest BCUT2D eigenvalue weighted by Crippen LogP contribution is -2.48. The molecule has 254 valence electrons. The van der Waals surface area contributed by atoms with Crippen LogP contribution in [0.3, 0.4) is 0 Å². The molecule has 6 rings (SSSR count). The number of fused-ring (bicyclic) bond motifs is 1. The van der Waals surface area contributed by atoms with Crippen LogP contribution in [-0.4, -0.2) is 60.8 Å². The quantitative estimate of drug-likeness (QED) is 0.162. The normalized spacial score (nSPS) is 13.7. The number of rotatable bonds is 11. The molecule has 0 unspecified atom stereocenters. The fourth-order valence-corrected chi connectivity index (χ4v) is 6.09. The molecule has 12 heteroatoms. The van der Waals surface area contributed by atoms with E-state index in [2.05, 4.69) is 20.3 Å². The number of aromatic nitrogens is 4. The van der Waals surface area contributed by atoms with Crippen molar-refractivity contribution in [3.05, 3.63) is 105 Å². The van der Waals surface area contributed by atoms with Crippen LogP contribution < -0.4 is 21.2 Å². The summed E-state index contributed by atoms with van der Waals surface area (Å²) >= 11 is 0. The smallest absolute Gasteiger partial charge is 0.290 e. The highest BCUT2D eigenvalue weighted by Gasteiger charge is 2.27. The molecule has 11 nitrogen and oxygen atoms in total. The van der Waals surface area contributed by atoms with Gasteiger partial charge in [0.1, 0.15) is 28.7 Å². The highest BCUT2D eigenvalue weighted by atomic mass is 19.1. The van der Waals surface area contributed by atoms with Crippen LogP contribution in [0.15, 0.2) is 76.6 Å². The zero-order valence-electron chi connectivity index (χ0n) is 28.2. The van der Waals surface area contributed by atoms with E-state index in [4.69, 9.17) is 10.1 Å². The summed E-state index contributed by atoms with van der Waals surface area (Å²) in [5, 5.41) is 26.1. The van der Waals surface area contributed by atoms with Gasteiger partial charge in [0.25, 0.3) is 11.1 Å². The minimum absolute atomic E-state index is 0.100. The molecule has 0 amide bonds. The standard InChI is InChI=1S/C37H40FN7O4/c1-36(2,21-39)24-16-23-12-15-45(35(48)33(23)28(38)17-24)31-9-6-8-26(27(31)20-46)29-18-30(34(47)43(5)42-29)41-32-11-10-25(19-40-32)49-37(3,4)22-44-13-7-14-44/h6,8-12,15-19,21,39,46H,7,13-14,20,22H2,1-5H3,(H,40,41). The predicted octanol–water partition coefficient (Wildman–Crippen LogP) is 5.31. The van der Waals surface area contributed by atoms with Crippen LogP contribution in [0.25, 0.3) is 27.7 Å². The molecule has 49 heavy (non-hydrogen) atoms. The number of halogens is 1. The highest BCUT2D eigenvalue weighted by molar-refractivity contribution is 5.85. The second-order valence-corrected chi connectivity index (χ2v) is 13.6. The van der Waals surface area contributed by atoms with Crippen LogP contribution in [0.4, 0.5) is 15.9 Å². The second kappa shape index (κ2) is 13.0. The number of anilines is 2. The Morgan fingerprint density at radius 1 is 1.06 bits per heavy atom. The minimum Gasteiger partial charge on any atom is -0.485 e. The molecule has 0 radical (unpaired) electrons. The number of aliphatic hydroxyl groups excluding tert-OH is 1. The Morgan fingerprint density at radius 3 is 2.49 bits per heavy atom. The van der Waals surface area contributed by atoms with E-state index in [1.165, 1.54) is 41.2 Å². The molecule has 0 bridgehead atoms. The van der Waals surface area contributed by atoms with Crippen LogP contribution in [0.5, 0.6) is 5.75 Å². The van der Waals surface area contributed by atoms with E-state index in [-0.39, 0.29) is 16.7 Å². The molecular formula is C37H40FN7O4. The number of hydrogen-bond acceptors (Lipinski definition) is 9. The SMILES string of the molecule is Cn1nc(-c2cccc(-n3ccc4cc(C(C)(C)C=N)cc(F)c4c3=O)c2CO)cc(Nc2ccc(OC(C)(C)CN3CCC3)cn2)c1=O. The van der Waals surface area contributed by atoms with Gasteiger partial charge in [-0.1, -0.05) is 26.0 Å². The van der Waals surface area contributed by atoms with Gasteiger partial charge in [-0.2, -0.15) is 5.10 Å². The molecular weight excluding hydrogens is 625 g/mol. The van der Waals surface area contributed by atoms with Gasteiger partial charge in [0.05, 0.1) is 29.6 Å². The van der Waals surface area contributed by atoms with E-state index in [1.807, 2.05) is 13.8 Å². The van der Waals surface area contributed by atoms with E-state index in [1.54, 1.807) is 68.6 Å². The third-order valence-electron chi connectivity index (χ3n) is 8.92. The van der Waals surface area contributed by atoms with E-state index in [0.717, 1.165) is 19.6 Å². The van der Waals surface area contributed by atoms with Crippen molar-refractivity contribution in [2.45, 2.75) is 51.7 Å². The van der Waals surface area contributed by atoms with Crippen molar-refractivity contribution in [3.8, 4) is 22.7 Å². The Morgan fingerprint density at radius 2 is 1.84 bits per heavy atom. The maximum absolute atomic E-state index is 15.5. The largest absolute Gasteiger partial charge is 0.485 e. The summed E-state index contributed by atoms with van der Waals surface area (Å²) in [4.78, 5) is 33.7. The average molecular weight is 666 g/mol. The molecule has 4 heterocycles. The maximum Gasteiger partial charge on any atom is 0.290 e. The van der Waals surface area contributed by atoms with Crippen molar-refractivity contribution in [2.24, 2.45) is 7.05 Å². The fraction of sp³-hybridized carbons (Fsp3) is 0.324. The van der Waals surface area contributed by atoms with E-state index in [9.17, 15) is 14.7 Å². The molecule has 1 saturated heterocycles. The minimum atomic E-state index is -0.711. The van der Waals surface area contributed by atoms with Crippen molar-refractivity contribution in [3.63, 3.8) is 0 Å². The summed E-state index contributed by atoms with van der Waals surface area (Å²) in [5.41, 5.74) is 0.241. The van der Waals surface area contributed by atoms with Gasteiger partial charge >= 0.3 is 0 Å². The Bertz CT molecular complexity index is 2170. The van der Waals surface area contributed by atoms with Gasteiger partial charge in [-0.25, -0.2) is 14.1 Å². The molecule has 0 aliphatic carbocycles. The number of aliphatic hydroxyl groups is 1. The van der Waals surface area contributed by atoms with Crippen LogP contribution in [0.1, 0.15) is 45.2 Å². The Balaban J connectivity index is 1.33. The van der Waals surface area contributed by atoms with Crippen molar-refractivity contribution in [1.29, 1.82) is 5.41 Å². The first-order valence-corrected chi connectivity index (χ1v) is 16.1. The molecule has 3 aromatic heterocycles. The third kappa shape index (κ3) is 6.74. The zero-order valence-corrected chi connectivity index (χ0v) is 28.2. The first kappa shape index (κ1) is 33.7. The second-order valence-electron chi connectivity index (χ2n) is 13.6. The molecule has 2 aromatic carbocycles. The Kier molecular flexibility index (Phi) is 8.95. The summed E-state index contributed by atoms with van der Waals surface area (Å²) in [6, 6.07) is 14.8. The molecule has 3 N–H and O–H groups in total. The number of benzene rings is 2. The number of aryl methyl sites for hydroxylation is 1. The van der Waals surface area contributed by atoms with E-state index in [0.29, 0.717) is 45.0 Å². The number of ether oxygens (including phenoxy) is 1. The summed E-state index contributed by atoms with van der Waals surface area (Å²) in [6.45, 7) is 10.2. The van der Waals surface area contributed by atoms with Crippen molar-refractivity contribution >= 4 is 28.5 Å². The van der Waals surface area contributed by atoms with Crippen molar-refractivity contribution < 1.29 is 14.2 Å². The number of pyridine rings is 2. The lowest BCUT2D eigenvalue weighted by Gasteiger charge is -2.38. The summed E-state index contributed by atoms with van der Waals surface area (Å²) < 4.78 is 24.1. The lowest BCUT2D eigenvalue weighted by molar-refractivity contribution is 0.0350. The Hall–Kier alpha value is -5.20. The van der Waals surface area contributed by atoms with Crippen LogP contribution in [0, 0.1) is 11.2 Å². The average Bonchev–Trinajstić information content (AvgIpc) is 3.05. The molecule has 0 saturated carbocycles. The third-order valence-corrected chi connectivity index (χ3v) is 8.92. The van der Waals surface area contributed by atoms with E-state index >= 15 is 4.39 Å². The molecule has 0 spiro atoms. The Labute approximate surface area is 283 Å². The van der Waals surface area contributed by atoms with Gasteiger partial charge < -0.3 is 20.6 Å². The number of nitrogens with one attached hydrogen (secondary N) is 2. The summed E-state index contributed by atoms with van der Waals surface area (Å²) in [7, 11) is 1.52. The van der Waals surface area contributed by atoms with E-state index < -0.39 is 29.0 Å². The fourth-order valence-electron chi connectivity index (χ4n) is 6.09. The summed E-state index contributed by atoms with van der Waals surface area (Å²) in [5.74, 6) is 0.348. The monoisotopic (exact) mass is 665 g/mol. The van der Waals surface area contributed by atoms with Gasteiger partial charge in [-0.3, -0.25) is 19.1 Å². The van der Waals surface area contributed by atoms with Crippen LogP contribution >= 0.6 is 0 Å². The number of hydrogen-bond donors (Lipinski definition) is 3. The van der Waals surface area contributed by atoms with Crippen LogP contribution in [0.2, 0.25) is 0 Å². The maximum atomic E-state index is 15.5. The first-order valence-electron chi connectivity index (χ1n) is 16.1. The van der Waals surface area contributed by atoms with Crippen molar-refractivity contribution in [2.75, 3.05) is 25.0 Å². The van der Waals surface area contributed by atoms with Gasteiger partial charge in [0.15, 0.2) is 0 Å². The number of likely N-dealkylation sites (tertiary alicyclic amines) is 1. The summed E-state index contributed by atoms with van der Waals surface area (Å²) in [6.07, 6.45) is 5.59. The molecule has 5 aromatic rings. The van der Waals surface area contributed by atoms with Gasteiger partial charge in [-0.05, 0) is 86.8 Å². The topological polar surface area (TPSA) is 138 Å². The zero-order chi connectivity index (χ0) is 35.1.